The summed E-state index contributed by atoms with van der Waals surface area (Å²) < 4.78 is 1.23. The van der Waals surface area contributed by atoms with Gasteiger partial charge in [-0.15, -0.1) is 0 Å². The molecule has 0 fully saturated rings. The second-order valence-corrected chi connectivity index (χ2v) is 5.29. The van der Waals surface area contributed by atoms with E-state index in [0.29, 0.717) is 0 Å². The van der Waals surface area contributed by atoms with Gasteiger partial charge in [-0.2, -0.15) is 0 Å². The number of hydrogen-bond donors (Lipinski definition) is 0. The number of unbranched alkanes of at least 4 members (excludes halogenated alkanes) is 6. The molecule has 0 spiro atoms. The van der Waals surface area contributed by atoms with Gasteiger partial charge in [0.15, 0.2) is 0 Å². The van der Waals surface area contributed by atoms with Crippen LogP contribution in [0.1, 0.15) is 64.7 Å². The lowest BCUT2D eigenvalue weighted by Crippen LogP contribution is -1.77. The summed E-state index contributed by atoms with van der Waals surface area (Å²) >= 11 is 2.41. The maximum Gasteiger partial charge on any atom is 0.00299 e. The number of rotatable bonds is 11. The second kappa shape index (κ2) is 15.2. The van der Waals surface area contributed by atoms with Crippen molar-refractivity contribution >= 4 is 22.6 Å². The molecule has 0 aromatic rings. The number of alkyl halides is 1. The van der Waals surface area contributed by atoms with Crippen LogP contribution >= 0.6 is 22.6 Å². The third-order valence-corrected chi connectivity index (χ3v) is 3.23. The van der Waals surface area contributed by atoms with Crippen LogP contribution in [0.5, 0.6) is 0 Å². The first-order valence-corrected chi connectivity index (χ1v) is 8.30. The molecule has 0 nitrogen and oxygen atoms in total. The number of hydrogen-bond acceptors (Lipinski definition) is 0. The van der Waals surface area contributed by atoms with Crippen LogP contribution in [-0.4, -0.2) is 4.43 Å². The average molecular weight is 334 g/mol. The Morgan fingerprint density at radius 2 is 1.38 bits per heavy atom. The van der Waals surface area contributed by atoms with Crippen LogP contribution < -0.4 is 0 Å². The van der Waals surface area contributed by atoms with Gasteiger partial charge in [0, 0.05) is 4.43 Å². The van der Waals surface area contributed by atoms with E-state index in [2.05, 4.69) is 53.8 Å². The summed E-state index contributed by atoms with van der Waals surface area (Å²) in [4.78, 5) is 0. The largest absolute Gasteiger partial charge is 0.0882 e. The zero-order valence-electron chi connectivity index (χ0n) is 10.8. The molecule has 94 valence electrons. The lowest BCUT2D eigenvalue weighted by Gasteiger charge is -1.97. The van der Waals surface area contributed by atoms with Crippen molar-refractivity contribution in [3.8, 4) is 0 Å². The fourth-order valence-electron chi connectivity index (χ4n) is 1.61. The average Bonchev–Trinajstić information content (AvgIpc) is 2.31. The molecule has 16 heavy (non-hydrogen) atoms. The van der Waals surface area contributed by atoms with E-state index in [9.17, 15) is 0 Å². The van der Waals surface area contributed by atoms with Gasteiger partial charge in [-0.1, -0.05) is 85.9 Å². The van der Waals surface area contributed by atoms with E-state index in [-0.39, 0.29) is 0 Å². The Labute approximate surface area is 116 Å². The normalized spacial score (nSPS) is 11.9. The predicted molar refractivity (Wildman–Crippen MR) is 84.4 cm³/mol. The SMILES string of the molecule is CCCCCCCC/C=C\C/C=C\CCI. The van der Waals surface area contributed by atoms with Gasteiger partial charge in [-0.3, -0.25) is 0 Å². The van der Waals surface area contributed by atoms with Crippen molar-refractivity contribution in [2.75, 3.05) is 4.43 Å². The first kappa shape index (κ1) is 16.2. The zero-order valence-corrected chi connectivity index (χ0v) is 12.9. The fraction of sp³-hybridized carbons (Fsp3) is 0.733. The maximum absolute atomic E-state index is 2.41. The second-order valence-electron chi connectivity index (χ2n) is 4.21. The van der Waals surface area contributed by atoms with Crippen LogP contribution in [0.3, 0.4) is 0 Å². The van der Waals surface area contributed by atoms with Gasteiger partial charge >= 0.3 is 0 Å². The van der Waals surface area contributed by atoms with Crippen molar-refractivity contribution in [1.29, 1.82) is 0 Å². The summed E-state index contributed by atoms with van der Waals surface area (Å²) in [5.41, 5.74) is 0. The molecule has 0 aliphatic heterocycles. The van der Waals surface area contributed by atoms with E-state index in [1.807, 2.05) is 0 Å². The molecule has 0 bridgehead atoms. The lowest BCUT2D eigenvalue weighted by molar-refractivity contribution is 0.611. The summed E-state index contributed by atoms with van der Waals surface area (Å²) in [6.07, 6.45) is 21.2. The first-order chi connectivity index (χ1) is 7.91. The summed E-state index contributed by atoms with van der Waals surface area (Å²) in [5, 5.41) is 0. The zero-order chi connectivity index (χ0) is 11.9. The molecule has 0 rings (SSSR count). The molecule has 0 heterocycles. The van der Waals surface area contributed by atoms with E-state index in [1.54, 1.807) is 0 Å². The molecule has 0 saturated carbocycles. The topological polar surface area (TPSA) is 0 Å². The standard InChI is InChI=1S/C15H27I/c1-2-3-4-5-6-7-8-9-10-11-12-13-14-15-16/h9-10,12-13H,2-8,11,14-15H2,1H3/b10-9-,13-12-. The van der Waals surface area contributed by atoms with Crippen LogP contribution in [0, 0.1) is 0 Å². The van der Waals surface area contributed by atoms with E-state index in [1.165, 1.54) is 55.8 Å². The molecule has 0 aromatic carbocycles. The molecule has 0 aromatic heterocycles. The quantitative estimate of drug-likeness (QED) is 0.186. The number of allylic oxidation sites excluding steroid dienone is 4. The van der Waals surface area contributed by atoms with Crippen LogP contribution in [0.25, 0.3) is 0 Å². The van der Waals surface area contributed by atoms with E-state index < -0.39 is 0 Å². The molecular formula is C15H27I. The van der Waals surface area contributed by atoms with Crippen LogP contribution in [0.4, 0.5) is 0 Å². The van der Waals surface area contributed by atoms with Crippen LogP contribution in [0.2, 0.25) is 0 Å². The minimum atomic E-state index is 1.12. The Balaban J connectivity index is 3.09. The third kappa shape index (κ3) is 14.2. The molecule has 0 atom stereocenters. The molecule has 0 saturated heterocycles. The molecule has 0 N–H and O–H groups in total. The predicted octanol–water partition coefficient (Wildman–Crippen LogP) is 6.06. The minimum Gasteiger partial charge on any atom is -0.0882 e. The highest BCUT2D eigenvalue weighted by molar-refractivity contribution is 14.1. The molecule has 0 aliphatic rings. The highest BCUT2D eigenvalue weighted by Gasteiger charge is 1.87. The van der Waals surface area contributed by atoms with Gasteiger partial charge in [0.05, 0.1) is 0 Å². The summed E-state index contributed by atoms with van der Waals surface area (Å²) in [6.45, 7) is 2.27. The maximum atomic E-state index is 2.41. The van der Waals surface area contributed by atoms with Gasteiger partial charge < -0.3 is 0 Å². The summed E-state index contributed by atoms with van der Waals surface area (Å²) in [5.74, 6) is 0. The molecule has 0 unspecified atom stereocenters. The highest BCUT2D eigenvalue weighted by Crippen LogP contribution is 2.07. The monoisotopic (exact) mass is 334 g/mol. The summed E-state index contributed by atoms with van der Waals surface area (Å²) in [6, 6.07) is 0. The van der Waals surface area contributed by atoms with Crippen molar-refractivity contribution in [3.63, 3.8) is 0 Å². The third-order valence-electron chi connectivity index (χ3n) is 2.61. The Hall–Kier alpha value is 0.210. The van der Waals surface area contributed by atoms with Crippen molar-refractivity contribution in [1.82, 2.24) is 0 Å². The van der Waals surface area contributed by atoms with Crippen LogP contribution in [-0.2, 0) is 0 Å². The van der Waals surface area contributed by atoms with Gasteiger partial charge in [0.25, 0.3) is 0 Å². The van der Waals surface area contributed by atoms with Crippen molar-refractivity contribution < 1.29 is 0 Å². The molecule has 0 radical (unpaired) electrons. The Bertz CT molecular complexity index is 170. The van der Waals surface area contributed by atoms with Crippen molar-refractivity contribution in [2.45, 2.75) is 64.7 Å². The molecular weight excluding hydrogens is 307 g/mol. The summed E-state index contributed by atoms with van der Waals surface area (Å²) in [7, 11) is 0. The minimum absolute atomic E-state index is 1.12. The van der Waals surface area contributed by atoms with Gasteiger partial charge in [0.2, 0.25) is 0 Å². The van der Waals surface area contributed by atoms with Crippen molar-refractivity contribution in [3.05, 3.63) is 24.3 Å². The Morgan fingerprint density at radius 1 is 0.750 bits per heavy atom. The van der Waals surface area contributed by atoms with Crippen LogP contribution in [0.15, 0.2) is 24.3 Å². The van der Waals surface area contributed by atoms with E-state index in [4.69, 9.17) is 0 Å². The molecule has 0 amide bonds. The lowest BCUT2D eigenvalue weighted by atomic mass is 10.1. The fourth-order valence-corrected chi connectivity index (χ4v) is 1.97. The number of halogens is 1. The Kier molecular flexibility index (Phi) is 15.4. The Morgan fingerprint density at radius 3 is 2.06 bits per heavy atom. The van der Waals surface area contributed by atoms with Gasteiger partial charge in [-0.05, 0) is 25.7 Å². The first-order valence-electron chi connectivity index (χ1n) is 6.77. The van der Waals surface area contributed by atoms with E-state index >= 15 is 0 Å². The van der Waals surface area contributed by atoms with Gasteiger partial charge in [-0.25, -0.2) is 0 Å². The van der Waals surface area contributed by atoms with Crippen molar-refractivity contribution in [2.24, 2.45) is 0 Å². The van der Waals surface area contributed by atoms with E-state index in [0.717, 1.165) is 6.42 Å². The highest BCUT2D eigenvalue weighted by atomic mass is 127. The molecule has 1 heteroatoms. The smallest absolute Gasteiger partial charge is 0.00299 e. The van der Waals surface area contributed by atoms with Gasteiger partial charge in [0.1, 0.15) is 0 Å². The molecule has 0 aliphatic carbocycles.